The molecule has 0 spiro atoms. The Morgan fingerprint density at radius 2 is 2.13 bits per heavy atom. The minimum Gasteiger partial charge on any atom is -0.512 e. The van der Waals surface area contributed by atoms with E-state index in [1.807, 2.05) is 0 Å². The molecule has 5 nitrogen and oxygen atoms in total. The van der Waals surface area contributed by atoms with Crippen molar-refractivity contribution in [1.29, 1.82) is 0 Å². The Hall–Kier alpha value is -1.52. The zero-order valence-electron chi connectivity index (χ0n) is 9.11. The predicted octanol–water partition coefficient (Wildman–Crippen LogP) is 1.60. The van der Waals surface area contributed by atoms with Gasteiger partial charge in [0, 0.05) is 19.0 Å². The number of ether oxygens (including phenoxy) is 1. The third kappa shape index (κ3) is 3.27. The summed E-state index contributed by atoms with van der Waals surface area (Å²) in [7, 11) is 0. The van der Waals surface area contributed by atoms with E-state index < -0.39 is 17.6 Å². The summed E-state index contributed by atoms with van der Waals surface area (Å²) < 4.78 is 5.04. The maximum Gasteiger partial charge on any atom is 0.417 e. The number of nitrogens with zero attached hydrogens (tertiary/aromatic N) is 1. The average Bonchev–Trinajstić information content (AvgIpc) is 1.99. The lowest BCUT2D eigenvalue weighted by atomic mass is 10.2. The molecule has 1 aliphatic rings. The van der Waals surface area contributed by atoms with Crippen molar-refractivity contribution in [3.63, 3.8) is 0 Å². The van der Waals surface area contributed by atoms with Gasteiger partial charge in [0.2, 0.25) is 0 Å². The van der Waals surface area contributed by atoms with E-state index in [4.69, 9.17) is 9.84 Å². The predicted molar refractivity (Wildman–Crippen MR) is 53.3 cm³/mol. The second-order valence-corrected chi connectivity index (χ2v) is 4.36. The van der Waals surface area contributed by atoms with Crippen LogP contribution in [0.15, 0.2) is 11.8 Å². The van der Waals surface area contributed by atoms with Gasteiger partial charge in [-0.15, -0.1) is 0 Å². The van der Waals surface area contributed by atoms with Gasteiger partial charge >= 0.3 is 6.09 Å². The molecular weight excluding hydrogens is 198 g/mol. The molecule has 0 saturated heterocycles. The first-order valence-corrected chi connectivity index (χ1v) is 4.73. The van der Waals surface area contributed by atoms with Gasteiger partial charge in [-0.2, -0.15) is 0 Å². The highest BCUT2D eigenvalue weighted by atomic mass is 16.6. The van der Waals surface area contributed by atoms with Crippen LogP contribution in [0.4, 0.5) is 4.79 Å². The summed E-state index contributed by atoms with van der Waals surface area (Å²) in [6, 6.07) is 0. The van der Waals surface area contributed by atoms with E-state index >= 15 is 0 Å². The number of imide groups is 1. The average molecular weight is 213 g/mol. The summed E-state index contributed by atoms with van der Waals surface area (Å²) in [5.74, 6) is -0.534. The number of amides is 2. The largest absolute Gasteiger partial charge is 0.512 e. The van der Waals surface area contributed by atoms with Crippen LogP contribution in [-0.2, 0) is 9.53 Å². The van der Waals surface area contributed by atoms with Gasteiger partial charge in [0.25, 0.3) is 5.91 Å². The molecule has 0 saturated carbocycles. The van der Waals surface area contributed by atoms with Gasteiger partial charge in [-0.25, -0.2) is 9.69 Å². The quantitative estimate of drug-likeness (QED) is 0.663. The van der Waals surface area contributed by atoms with Crippen LogP contribution in [-0.4, -0.2) is 34.2 Å². The molecule has 1 aliphatic heterocycles. The molecule has 0 aliphatic carbocycles. The van der Waals surface area contributed by atoms with Gasteiger partial charge < -0.3 is 9.84 Å². The van der Waals surface area contributed by atoms with Crippen molar-refractivity contribution < 1.29 is 19.4 Å². The lowest BCUT2D eigenvalue weighted by molar-refractivity contribution is -0.126. The zero-order chi connectivity index (χ0) is 11.6. The molecule has 0 aromatic heterocycles. The van der Waals surface area contributed by atoms with Crippen LogP contribution in [0.25, 0.3) is 0 Å². The molecule has 15 heavy (non-hydrogen) atoms. The summed E-state index contributed by atoms with van der Waals surface area (Å²) in [6.45, 7) is 5.35. The van der Waals surface area contributed by atoms with Crippen molar-refractivity contribution in [3.05, 3.63) is 11.8 Å². The van der Waals surface area contributed by atoms with E-state index in [2.05, 4.69) is 0 Å². The molecule has 0 fully saturated rings. The molecule has 0 radical (unpaired) electrons. The molecule has 1 heterocycles. The van der Waals surface area contributed by atoms with Crippen molar-refractivity contribution in [3.8, 4) is 0 Å². The van der Waals surface area contributed by atoms with Gasteiger partial charge in [0.05, 0.1) is 5.76 Å². The summed E-state index contributed by atoms with van der Waals surface area (Å²) in [5, 5.41) is 9.07. The van der Waals surface area contributed by atoms with E-state index in [-0.39, 0.29) is 18.7 Å². The monoisotopic (exact) mass is 213 g/mol. The summed E-state index contributed by atoms with van der Waals surface area (Å²) >= 11 is 0. The van der Waals surface area contributed by atoms with E-state index in [9.17, 15) is 9.59 Å². The van der Waals surface area contributed by atoms with Crippen molar-refractivity contribution in [2.45, 2.75) is 32.8 Å². The fourth-order valence-corrected chi connectivity index (χ4v) is 1.13. The molecule has 0 unspecified atom stereocenters. The van der Waals surface area contributed by atoms with Crippen LogP contribution in [0.1, 0.15) is 27.2 Å². The first-order chi connectivity index (χ1) is 6.79. The van der Waals surface area contributed by atoms with E-state index in [1.165, 1.54) is 0 Å². The van der Waals surface area contributed by atoms with Crippen LogP contribution in [0.2, 0.25) is 0 Å². The molecular formula is C10H15NO4. The minimum absolute atomic E-state index is 0.000177. The Kier molecular flexibility index (Phi) is 3.02. The summed E-state index contributed by atoms with van der Waals surface area (Å²) in [5.41, 5.74) is -0.624. The topological polar surface area (TPSA) is 66.8 Å². The van der Waals surface area contributed by atoms with Crippen LogP contribution in [0.5, 0.6) is 0 Å². The Labute approximate surface area is 88.3 Å². The molecule has 0 bridgehead atoms. The third-order valence-corrected chi connectivity index (χ3v) is 1.76. The smallest absolute Gasteiger partial charge is 0.417 e. The Bertz CT molecular complexity index is 314. The van der Waals surface area contributed by atoms with Crippen LogP contribution < -0.4 is 0 Å². The number of aliphatic hydroxyl groups is 1. The van der Waals surface area contributed by atoms with E-state index in [0.29, 0.717) is 0 Å². The zero-order valence-corrected chi connectivity index (χ0v) is 9.11. The van der Waals surface area contributed by atoms with Gasteiger partial charge in [-0.3, -0.25) is 4.79 Å². The molecule has 1 N–H and O–H groups in total. The second-order valence-electron chi connectivity index (χ2n) is 4.36. The number of aliphatic hydroxyl groups excluding tert-OH is 1. The maximum atomic E-state index is 11.5. The lowest BCUT2D eigenvalue weighted by Gasteiger charge is -2.27. The van der Waals surface area contributed by atoms with Crippen LogP contribution in [0.3, 0.4) is 0 Å². The van der Waals surface area contributed by atoms with Crippen LogP contribution >= 0.6 is 0 Å². The molecule has 1 rings (SSSR count). The highest BCUT2D eigenvalue weighted by Gasteiger charge is 2.28. The SMILES string of the molecule is CC(C)(C)OC(=O)N1CCC(O)=CC1=O. The lowest BCUT2D eigenvalue weighted by Crippen LogP contribution is -2.42. The van der Waals surface area contributed by atoms with Gasteiger partial charge in [0.1, 0.15) is 5.60 Å². The molecule has 0 atom stereocenters. The van der Waals surface area contributed by atoms with E-state index in [0.717, 1.165) is 11.0 Å². The van der Waals surface area contributed by atoms with Crippen molar-refractivity contribution in [1.82, 2.24) is 4.90 Å². The number of carbonyl (C=O) groups excluding carboxylic acids is 2. The molecule has 84 valence electrons. The standard InChI is InChI=1S/C10H15NO4/c1-10(2,3)15-9(14)11-5-4-7(12)6-8(11)13/h6,12H,4-5H2,1-3H3. The van der Waals surface area contributed by atoms with Crippen LogP contribution in [0, 0.1) is 0 Å². The van der Waals surface area contributed by atoms with Crippen molar-refractivity contribution in [2.24, 2.45) is 0 Å². The molecule has 0 aromatic rings. The number of hydrogen-bond donors (Lipinski definition) is 1. The number of hydrogen-bond acceptors (Lipinski definition) is 4. The summed E-state index contributed by atoms with van der Waals surface area (Å²) in [4.78, 5) is 23.8. The van der Waals surface area contributed by atoms with Gasteiger partial charge in [-0.05, 0) is 20.8 Å². The minimum atomic E-state index is -0.670. The highest BCUT2D eigenvalue weighted by molar-refractivity contribution is 5.99. The normalized spacial score (nSPS) is 17.4. The molecule has 2 amide bonds. The third-order valence-electron chi connectivity index (χ3n) is 1.76. The van der Waals surface area contributed by atoms with Gasteiger partial charge in [0.15, 0.2) is 0 Å². The Morgan fingerprint density at radius 3 is 2.60 bits per heavy atom. The first-order valence-electron chi connectivity index (χ1n) is 4.73. The van der Waals surface area contributed by atoms with Crippen molar-refractivity contribution >= 4 is 12.0 Å². The molecule has 0 aromatic carbocycles. The highest BCUT2D eigenvalue weighted by Crippen LogP contribution is 2.14. The Balaban J connectivity index is 2.66. The Morgan fingerprint density at radius 1 is 1.53 bits per heavy atom. The first kappa shape index (κ1) is 11.6. The maximum absolute atomic E-state index is 11.5. The second kappa shape index (κ2) is 3.92. The fraction of sp³-hybridized carbons (Fsp3) is 0.600. The fourth-order valence-electron chi connectivity index (χ4n) is 1.13. The summed E-state index contributed by atoms with van der Waals surface area (Å²) in [6.07, 6.45) is 0.648. The van der Waals surface area contributed by atoms with Crippen molar-refractivity contribution in [2.75, 3.05) is 6.54 Å². The van der Waals surface area contributed by atoms with Gasteiger partial charge in [-0.1, -0.05) is 0 Å². The molecule has 5 heteroatoms. The number of rotatable bonds is 0. The van der Waals surface area contributed by atoms with E-state index in [1.54, 1.807) is 20.8 Å². The number of carbonyl (C=O) groups is 2.